The summed E-state index contributed by atoms with van der Waals surface area (Å²) in [5.41, 5.74) is 0. The fourth-order valence-electron chi connectivity index (χ4n) is 3.44. The molecule has 0 unspecified atom stereocenters. The van der Waals surface area contributed by atoms with E-state index in [0.29, 0.717) is 12.1 Å². The minimum atomic E-state index is 0.615. The van der Waals surface area contributed by atoms with Crippen molar-refractivity contribution in [3.8, 4) is 10.8 Å². The van der Waals surface area contributed by atoms with Gasteiger partial charge in [-0.2, -0.15) is 0 Å². The Labute approximate surface area is 146 Å². The number of ether oxygens (including phenoxy) is 1. The number of piperidine rings is 1. The Kier molecular flexibility index (Phi) is 5.01. The first kappa shape index (κ1) is 15.9. The summed E-state index contributed by atoms with van der Waals surface area (Å²) < 4.78 is 5.44. The van der Waals surface area contributed by atoms with E-state index in [0.717, 1.165) is 68.6 Å². The molecule has 0 aliphatic carbocycles. The van der Waals surface area contributed by atoms with Crippen molar-refractivity contribution in [2.75, 3.05) is 31.2 Å². The van der Waals surface area contributed by atoms with Crippen molar-refractivity contribution in [2.24, 2.45) is 0 Å². The molecule has 4 heterocycles. The van der Waals surface area contributed by atoms with Crippen LogP contribution < -0.4 is 10.2 Å². The van der Waals surface area contributed by atoms with Crippen molar-refractivity contribution in [1.29, 1.82) is 0 Å². The summed E-state index contributed by atoms with van der Waals surface area (Å²) in [7, 11) is 0. The standard InChI is InChI=1S/C17H23N5OS/c1-6-18-16(17-19-7-12-24-17)21-15(1)22-8-2-13(3-9-22)20-14-4-10-23-11-5-14/h1,6-7,12-14,20H,2-5,8-11H2. The molecule has 0 radical (unpaired) electrons. The molecule has 24 heavy (non-hydrogen) atoms. The second-order valence-corrected chi connectivity index (χ2v) is 7.28. The monoisotopic (exact) mass is 345 g/mol. The van der Waals surface area contributed by atoms with Crippen LogP contribution in [0.5, 0.6) is 0 Å². The fourth-order valence-corrected chi connectivity index (χ4v) is 4.01. The van der Waals surface area contributed by atoms with E-state index in [9.17, 15) is 0 Å². The second kappa shape index (κ2) is 7.55. The van der Waals surface area contributed by atoms with Crippen LogP contribution in [0.15, 0.2) is 23.8 Å². The van der Waals surface area contributed by atoms with Gasteiger partial charge in [0.25, 0.3) is 0 Å². The number of thiazole rings is 1. The van der Waals surface area contributed by atoms with Gasteiger partial charge >= 0.3 is 0 Å². The lowest BCUT2D eigenvalue weighted by Gasteiger charge is -2.36. The van der Waals surface area contributed by atoms with Crippen LogP contribution in [0, 0.1) is 0 Å². The van der Waals surface area contributed by atoms with Crippen molar-refractivity contribution in [3.05, 3.63) is 23.8 Å². The van der Waals surface area contributed by atoms with Crippen LogP contribution >= 0.6 is 11.3 Å². The van der Waals surface area contributed by atoms with Crippen LogP contribution in [0.4, 0.5) is 5.82 Å². The Balaban J connectivity index is 1.35. The Hall–Kier alpha value is -1.57. The third-order valence-corrected chi connectivity index (χ3v) is 5.55. The third-order valence-electron chi connectivity index (χ3n) is 4.78. The van der Waals surface area contributed by atoms with Gasteiger partial charge in [0.05, 0.1) is 0 Å². The average Bonchev–Trinajstić information content (AvgIpc) is 3.18. The van der Waals surface area contributed by atoms with Gasteiger partial charge in [-0.3, -0.25) is 0 Å². The zero-order valence-electron chi connectivity index (χ0n) is 13.7. The summed E-state index contributed by atoms with van der Waals surface area (Å²) in [6.07, 6.45) is 8.24. The number of anilines is 1. The molecule has 128 valence electrons. The maximum absolute atomic E-state index is 5.44. The summed E-state index contributed by atoms with van der Waals surface area (Å²) in [6, 6.07) is 3.25. The summed E-state index contributed by atoms with van der Waals surface area (Å²) >= 11 is 1.58. The molecule has 2 aromatic rings. The van der Waals surface area contributed by atoms with Crippen LogP contribution in [0.3, 0.4) is 0 Å². The average molecular weight is 345 g/mol. The normalized spacial score (nSPS) is 20.4. The highest BCUT2D eigenvalue weighted by molar-refractivity contribution is 7.12. The number of rotatable bonds is 4. The predicted octanol–water partition coefficient (Wildman–Crippen LogP) is 2.34. The highest BCUT2D eigenvalue weighted by Gasteiger charge is 2.23. The molecule has 2 fully saturated rings. The van der Waals surface area contributed by atoms with Gasteiger partial charge < -0.3 is 15.0 Å². The van der Waals surface area contributed by atoms with Gasteiger partial charge in [-0.05, 0) is 31.7 Å². The topological polar surface area (TPSA) is 63.2 Å². The lowest BCUT2D eigenvalue weighted by molar-refractivity contribution is 0.0738. The summed E-state index contributed by atoms with van der Waals surface area (Å²) in [4.78, 5) is 15.7. The maximum Gasteiger partial charge on any atom is 0.190 e. The van der Waals surface area contributed by atoms with E-state index in [-0.39, 0.29) is 0 Å². The predicted molar refractivity (Wildman–Crippen MR) is 95.4 cm³/mol. The van der Waals surface area contributed by atoms with Gasteiger partial charge in [-0.25, -0.2) is 15.0 Å². The quantitative estimate of drug-likeness (QED) is 0.918. The van der Waals surface area contributed by atoms with Crippen molar-refractivity contribution in [2.45, 2.75) is 37.8 Å². The van der Waals surface area contributed by atoms with Crippen molar-refractivity contribution < 1.29 is 4.74 Å². The minimum Gasteiger partial charge on any atom is -0.381 e. The molecule has 1 N–H and O–H groups in total. The van der Waals surface area contributed by atoms with E-state index in [4.69, 9.17) is 9.72 Å². The van der Waals surface area contributed by atoms with Crippen LogP contribution in [0.1, 0.15) is 25.7 Å². The molecule has 2 aliphatic rings. The molecule has 0 saturated carbocycles. The lowest BCUT2D eigenvalue weighted by atomic mass is 10.0. The van der Waals surface area contributed by atoms with E-state index >= 15 is 0 Å². The van der Waals surface area contributed by atoms with Gasteiger partial charge in [0, 0.05) is 56.2 Å². The molecule has 2 aromatic heterocycles. The maximum atomic E-state index is 5.44. The van der Waals surface area contributed by atoms with Gasteiger partial charge in [0.15, 0.2) is 10.8 Å². The molecule has 0 bridgehead atoms. The second-order valence-electron chi connectivity index (χ2n) is 6.39. The molecule has 4 rings (SSSR count). The Bertz CT molecular complexity index is 636. The SMILES string of the molecule is c1cc(N2CCC(NC3CCOCC3)CC2)nc(-c2nccs2)n1. The molecule has 6 nitrogen and oxygen atoms in total. The summed E-state index contributed by atoms with van der Waals surface area (Å²) in [5.74, 6) is 1.74. The zero-order valence-corrected chi connectivity index (χ0v) is 14.5. The molecular formula is C17H23N5OS. The van der Waals surface area contributed by atoms with Gasteiger partial charge in [0.1, 0.15) is 5.82 Å². The number of hydrogen-bond acceptors (Lipinski definition) is 7. The van der Waals surface area contributed by atoms with E-state index < -0.39 is 0 Å². The molecule has 2 aliphatic heterocycles. The van der Waals surface area contributed by atoms with Gasteiger partial charge in [-0.15, -0.1) is 11.3 Å². The fraction of sp³-hybridized carbons (Fsp3) is 0.588. The molecule has 2 saturated heterocycles. The smallest absolute Gasteiger partial charge is 0.190 e. The molecule has 0 amide bonds. The number of hydrogen-bond donors (Lipinski definition) is 1. The highest BCUT2D eigenvalue weighted by Crippen LogP contribution is 2.23. The Morgan fingerprint density at radius 1 is 1.04 bits per heavy atom. The van der Waals surface area contributed by atoms with Crippen molar-refractivity contribution >= 4 is 17.2 Å². The first-order valence-corrected chi connectivity index (χ1v) is 9.58. The van der Waals surface area contributed by atoms with Crippen LogP contribution in [-0.2, 0) is 4.74 Å². The Morgan fingerprint density at radius 2 is 1.83 bits per heavy atom. The van der Waals surface area contributed by atoms with E-state index in [2.05, 4.69) is 20.2 Å². The van der Waals surface area contributed by atoms with Crippen LogP contribution in [0.2, 0.25) is 0 Å². The van der Waals surface area contributed by atoms with Gasteiger partial charge in [-0.1, -0.05) is 0 Å². The van der Waals surface area contributed by atoms with E-state index in [1.54, 1.807) is 17.5 Å². The third kappa shape index (κ3) is 3.74. The number of nitrogens with one attached hydrogen (secondary N) is 1. The van der Waals surface area contributed by atoms with Crippen molar-refractivity contribution in [3.63, 3.8) is 0 Å². The first-order valence-electron chi connectivity index (χ1n) is 8.70. The highest BCUT2D eigenvalue weighted by atomic mass is 32.1. The minimum absolute atomic E-state index is 0.615. The summed E-state index contributed by atoms with van der Waals surface area (Å²) in [5, 5.41) is 6.66. The van der Waals surface area contributed by atoms with Crippen LogP contribution in [0.25, 0.3) is 10.8 Å². The molecular weight excluding hydrogens is 322 g/mol. The van der Waals surface area contributed by atoms with Crippen molar-refractivity contribution in [1.82, 2.24) is 20.3 Å². The molecule has 0 spiro atoms. The number of aromatic nitrogens is 3. The molecule has 0 atom stereocenters. The molecule has 7 heteroatoms. The largest absolute Gasteiger partial charge is 0.381 e. The Morgan fingerprint density at radius 3 is 2.58 bits per heavy atom. The summed E-state index contributed by atoms with van der Waals surface area (Å²) in [6.45, 7) is 3.87. The van der Waals surface area contributed by atoms with E-state index in [1.807, 2.05) is 17.6 Å². The lowest BCUT2D eigenvalue weighted by Crippen LogP contribution is -2.47. The number of nitrogens with zero attached hydrogens (tertiary/aromatic N) is 4. The molecule has 0 aromatic carbocycles. The van der Waals surface area contributed by atoms with Gasteiger partial charge in [0.2, 0.25) is 0 Å². The van der Waals surface area contributed by atoms with Crippen LogP contribution in [-0.4, -0.2) is 53.3 Å². The zero-order chi connectivity index (χ0) is 16.2. The van der Waals surface area contributed by atoms with E-state index in [1.165, 1.54) is 0 Å². The first-order chi connectivity index (χ1) is 11.9.